The second-order valence-corrected chi connectivity index (χ2v) is 12.4. The van der Waals surface area contributed by atoms with Crippen LogP contribution in [0.3, 0.4) is 0 Å². The third-order valence-electron chi connectivity index (χ3n) is 9.63. The van der Waals surface area contributed by atoms with Gasteiger partial charge in [0.2, 0.25) is 0 Å². The number of hydrogen-bond acceptors (Lipinski definition) is 3. The van der Waals surface area contributed by atoms with Gasteiger partial charge in [0.25, 0.3) is 0 Å². The van der Waals surface area contributed by atoms with Crippen molar-refractivity contribution in [2.24, 2.45) is 4.99 Å². The number of anilines is 1. The number of nitrogens with one attached hydrogen (secondary N) is 1. The summed E-state index contributed by atoms with van der Waals surface area (Å²) in [6.07, 6.45) is -0.287. The molecule has 1 N–H and O–H groups in total. The minimum absolute atomic E-state index is 0.287. The van der Waals surface area contributed by atoms with Gasteiger partial charge in [-0.15, -0.1) is 0 Å². The number of furan rings is 1. The summed E-state index contributed by atoms with van der Waals surface area (Å²) < 4.78 is 9.20. The molecule has 48 heavy (non-hydrogen) atoms. The summed E-state index contributed by atoms with van der Waals surface area (Å²) in [6, 6.07) is 57.7. The Labute approximate surface area is 277 Å². The maximum Gasteiger partial charge on any atom is 0.159 e. The van der Waals surface area contributed by atoms with Gasteiger partial charge in [0, 0.05) is 43.9 Å². The fourth-order valence-electron chi connectivity index (χ4n) is 7.47. The molecule has 2 aromatic heterocycles. The molecule has 1 unspecified atom stereocenters. The molecule has 0 saturated heterocycles. The largest absolute Gasteiger partial charge is 0.454 e. The van der Waals surface area contributed by atoms with Crippen LogP contribution in [0.1, 0.15) is 22.9 Å². The summed E-state index contributed by atoms with van der Waals surface area (Å²) in [7, 11) is 0. The number of aliphatic imine (C=N–C) groups is 1. The first-order valence-electron chi connectivity index (χ1n) is 16.3. The fourth-order valence-corrected chi connectivity index (χ4v) is 7.47. The number of hydrogen-bond donors (Lipinski definition) is 1. The van der Waals surface area contributed by atoms with Crippen LogP contribution in [0.4, 0.5) is 5.69 Å². The van der Waals surface area contributed by atoms with E-state index in [1.54, 1.807) is 0 Å². The number of para-hydroxylation sites is 3. The van der Waals surface area contributed by atoms with E-state index in [4.69, 9.17) is 9.41 Å². The monoisotopic (exact) mass is 615 g/mol. The molecule has 9 aromatic rings. The molecule has 0 radical (unpaired) electrons. The predicted molar refractivity (Wildman–Crippen MR) is 198 cm³/mol. The smallest absolute Gasteiger partial charge is 0.159 e. The first-order valence-corrected chi connectivity index (χ1v) is 16.3. The van der Waals surface area contributed by atoms with E-state index in [0.29, 0.717) is 0 Å². The van der Waals surface area contributed by atoms with Crippen LogP contribution in [-0.4, -0.2) is 10.3 Å². The van der Waals surface area contributed by atoms with Gasteiger partial charge in [0.1, 0.15) is 11.7 Å². The van der Waals surface area contributed by atoms with Gasteiger partial charge >= 0.3 is 0 Å². The molecule has 1 aliphatic rings. The van der Waals surface area contributed by atoms with Crippen molar-refractivity contribution in [3.63, 3.8) is 0 Å². The standard InChI is InChI=1S/C44H29N3O/c1-3-13-28(14-4-1)30-25-26-32-31-17-8-10-22-37(31)47(39(32)27-30)38-23-11-19-34-41-35(20-12-24-40(41)48-43(34)38)44-45-36-21-9-7-18-33(36)42(46-44)29-15-5-2-6-16-29/h1-27,44-45H. The lowest BCUT2D eigenvalue weighted by atomic mass is 9.96. The molecule has 0 amide bonds. The molecule has 0 spiro atoms. The predicted octanol–water partition coefficient (Wildman–Crippen LogP) is 11.3. The molecule has 226 valence electrons. The Hall–Kier alpha value is -6.39. The van der Waals surface area contributed by atoms with E-state index in [0.717, 1.165) is 66.7 Å². The maximum absolute atomic E-state index is 6.84. The highest BCUT2D eigenvalue weighted by atomic mass is 16.3. The van der Waals surface area contributed by atoms with Crippen LogP contribution in [0, 0.1) is 0 Å². The van der Waals surface area contributed by atoms with Crippen molar-refractivity contribution in [3.05, 3.63) is 180 Å². The van der Waals surface area contributed by atoms with Gasteiger partial charge in [0.05, 0.1) is 22.4 Å². The Morgan fingerprint density at radius 3 is 2.12 bits per heavy atom. The third-order valence-corrected chi connectivity index (χ3v) is 9.63. The highest BCUT2D eigenvalue weighted by Crippen LogP contribution is 2.42. The molecular formula is C44H29N3O. The van der Waals surface area contributed by atoms with Crippen LogP contribution >= 0.6 is 0 Å². The number of nitrogens with zero attached hydrogens (tertiary/aromatic N) is 2. The van der Waals surface area contributed by atoms with E-state index in [1.165, 1.54) is 21.9 Å². The van der Waals surface area contributed by atoms with E-state index in [9.17, 15) is 0 Å². The minimum Gasteiger partial charge on any atom is -0.454 e. The first kappa shape index (κ1) is 26.8. The first-order chi connectivity index (χ1) is 23.8. The van der Waals surface area contributed by atoms with Gasteiger partial charge in [-0.3, -0.25) is 4.99 Å². The van der Waals surface area contributed by atoms with Crippen molar-refractivity contribution in [2.45, 2.75) is 6.17 Å². The Balaban J connectivity index is 1.21. The zero-order chi connectivity index (χ0) is 31.6. The molecule has 1 aliphatic heterocycles. The molecule has 0 saturated carbocycles. The maximum atomic E-state index is 6.84. The Bertz CT molecular complexity index is 2700. The Kier molecular flexibility index (Phi) is 5.90. The van der Waals surface area contributed by atoms with Crippen molar-refractivity contribution in [1.29, 1.82) is 0 Å². The Morgan fingerprint density at radius 1 is 0.542 bits per heavy atom. The lowest BCUT2D eigenvalue weighted by Crippen LogP contribution is -2.20. The zero-order valence-corrected chi connectivity index (χ0v) is 26.0. The molecule has 1 atom stereocenters. The van der Waals surface area contributed by atoms with E-state index in [2.05, 4.69) is 168 Å². The molecule has 4 nitrogen and oxygen atoms in total. The van der Waals surface area contributed by atoms with Gasteiger partial charge in [-0.2, -0.15) is 0 Å². The Morgan fingerprint density at radius 2 is 1.25 bits per heavy atom. The van der Waals surface area contributed by atoms with Crippen LogP contribution in [0.25, 0.3) is 60.6 Å². The lowest BCUT2D eigenvalue weighted by molar-refractivity contribution is 0.665. The number of fused-ring (bicyclic) bond motifs is 7. The van der Waals surface area contributed by atoms with Crippen LogP contribution in [0.2, 0.25) is 0 Å². The second-order valence-electron chi connectivity index (χ2n) is 12.4. The minimum atomic E-state index is -0.287. The molecule has 7 aromatic carbocycles. The molecule has 4 heteroatoms. The molecule has 3 heterocycles. The third kappa shape index (κ3) is 4.06. The average molecular weight is 616 g/mol. The summed E-state index contributed by atoms with van der Waals surface area (Å²) >= 11 is 0. The molecule has 0 bridgehead atoms. The highest BCUT2D eigenvalue weighted by Gasteiger charge is 2.26. The lowest BCUT2D eigenvalue weighted by Gasteiger charge is -2.26. The van der Waals surface area contributed by atoms with Gasteiger partial charge in [0.15, 0.2) is 5.58 Å². The van der Waals surface area contributed by atoms with E-state index in [-0.39, 0.29) is 6.17 Å². The van der Waals surface area contributed by atoms with Crippen LogP contribution < -0.4 is 5.32 Å². The van der Waals surface area contributed by atoms with Crippen molar-refractivity contribution in [2.75, 3.05) is 5.32 Å². The van der Waals surface area contributed by atoms with E-state index < -0.39 is 0 Å². The summed E-state index contributed by atoms with van der Waals surface area (Å²) in [5, 5.41) is 8.32. The van der Waals surface area contributed by atoms with Crippen LogP contribution in [0.5, 0.6) is 0 Å². The van der Waals surface area contributed by atoms with Crippen molar-refractivity contribution >= 4 is 55.1 Å². The van der Waals surface area contributed by atoms with Gasteiger partial charge in [-0.25, -0.2) is 0 Å². The van der Waals surface area contributed by atoms with Gasteiger partial charge in [-0.05, 0) is 41.5 Å². The molecule has 0 fully saturated rings. The van der Waals surface area contributed by atoms with E-state index >= 15 is 0 Å². The van der Waals surface area contributed by atoms with Crippen molar-refractivity contribution in [3.8, 4) is 16.8 Å². The van der Waals surface area contributed by atoms with E-state index in [1.807, 2.05) is 6.07 Å². The van der Waals surface area contributed by atoms with Crippen LogP contribution in [0.15, 0.2) is 173 Å². The summed E-state index contributed by atoms with van der Waals surface area (Å²) in [4.78, 5) is 5.35. The number of benzene rings is 7. The van der Waals surface area contributed by atoms with Crippen LogP contribution in [-0.2, 0) is 0 Å². The molecular weight excluding hydrogens is 587 g/mol. The zero-order valence-electron chi connectivity index (χ0n) is 26.0. The van der Waals surface area contributed by atoms with Crippen molar-refractivity contribution in [1.82, 2.24) is 4.57 Å². The topological polar surface area (TPSA) is 42.5 Å². The summed E-state index contributed by atoms with van der Waals surface area (Å²) in [6.45, 7) is 0. The molecule has 0 aliphatic carbocycles. The van der Waals surface area contributed by atoms with Crippen molar-refractivity contribution < 1.29 is 4.42 Å². The second kappa shape index (κ2) is 10.6. The number of aromatic nitrogens is 1. The number of rotatable bonds is 4. The quantitative estimate of drug-likeness (QED) is 0.214. The van der Waals surface area contributed by atoms with Gasteiger partial charge < -0.3 is 14.3 Å². The highest BCUT2D eigenvalue weighted by molar-refractivity contribution is 6.18. The fraction of sp³-hybridized carbons (Fsp3) is 0.0227. The van der Waals surface area contributed by atoms with Gasteiger partial charge in [-0.1, -0.05) is 133 Å². The summed E-state index contributed by atoms with van der Waals surface area (Å²) in [5.74, 6) is 0. The normalized spacial score (nSPS) is 14.3. The molecule has 10 rings (SSSR count). The SMILES string of the molecule is c1ccc(C2=NC(c3cccc4oc5c(-n6c7ccccc7c7ccc(-c8ccccc8)cc76)cccc5c34)Nc3ccccc32)cc1. The average Bonchev–Trinajstić information content (AvgIpc) is 3.71. The summed E-state index contributed by atoms with van der Waals surface area (Å²) in [5.41, 5.74) is 12.7.